The number of nitrogens with two attached hydrogens (primary N) is 1. The summed E-state index contributed by atoms with van der Waals surface area (Å²) in [6, 6.07) is 9.07. The van der Waals surface area contributed by atoms with Crippen molar-refractivity contribution in [1.82, 2.24) is 5.32 Å². The third-order valence-corrected chi connectivity index (χ3v) is 5.83. The van der Waals surface area contributed by atoms with Gasteiger partial charge in [-0.25, -0.2) is 0 Å². The topological polar surface area (TPSA) is 55.1 Å². The minimum Gasteiger partial charge on any atom is -0.353 e. The fourth-order valence-electron chi connectivity index (χ4n) is 3.85. The number of benzene rings is 1. The van der Waals surface area contributed by atoms with Gasteiger partial charge in [-0.3, -0.25) is 4.79 Å². The van der Waals surface area contributed by atoms with E-state index in [-0.39, 0.29) is 16.9 Å². The van der Waals surface area contributed by atoms with Gasteiger partial charge in [0.25, 0.3) is 0 Å². The van der Waals surface area contributed by atoms with Gasteiger partial charge in [0.15, 0.2) is 0 Å². The van der Waals surface area contributed by atoms with Gasteiger partial charge in [-0.2, -0.15) is 0 Å². The summed E-state index contributed by atoms with van der Waals surface area (Å²) in [5.41, 5.74) is 8.50. The summed E-state index contributed by atoms with van der Waals surface area (Å²) in [4.78, 5) is 12.7. The number of carbonyl (C=O) groups is 1. The second kappa shape index (κ2) is 5.09. The van der Waals surface area contributed by atoms with E-state index in [0.29, 0.717) is 6.04 Å². The lowest BCUT2D eigenvalue weighted by Gasteiger charge is -2.20. The van der Waals surface area contributed by atoms with Crippen molar-refractivity contribution in [2.45, 2.75) is 74.8 Å². The molecule has 0 bridgehead atoms. The van der Waals surface area contributed by atoms with Crippen LogP contribution in [-0.4, -0.2) is 17.5 Å². The average Bonchev–Trinajstić information content (AvgIpc) is 3.40. The molecule has 1 aromatic rings. The van der Waals surface area contributed by atoms with Gasteiger partial charge in [-0.05, 0) is 56.1 Å². The molecular formula is C19H26N2O. The van der Waals surface area contributed by atoms with Crippen molar-refractivity contribution in [3.63, 3.8) is 0 Å². The fraction of sp³-hybridized carbons (Fsp3) is 0.632. The first-order chi connectivity index (χ1) is 10.6. The van der Waals surface area contributed by atoms with Crippen molar-refractivity contribution in [3.8, 4) is 0 Å². The van der Waals surface area contributed by atoms with Crippen LogP contribution in [0.3, 0.4) is 0 Å². The minimum absolute atomic E-state index is 0.0542. The van der Waals surface area contributed by atoms with E-state index in [4.69, 9.17) is 5.73 Å². The summed E-state index contributed by atoms with van der Waals surface area (Å²) in [7, 11) is 0. The Kier molecular flexibility index (Phi) is 3.30. The molecule has 0 aliphatic heterocycles. The van der Waals surface area contributed by atoms with Crippen LogP contribution in [0.15, 0.2) is 24.3 Å². The Morgan fingerprint density at radius 2 is 1.73 bits per heavy atom. The minimum atomic E-state index is -0.235. The maximum Gasteiger partial charge on any atom is 0.230 e. The summed E-state index contributed by atoms with van der Waals surface area (Å²) in [6.45, 7) is 0. The highest BCUT2D eigenvalue weighted by molar-refractivity contribution is 5.91. The number of amides is 1. The van der Waals surface area contributed by atoms with Gasteiger partial charge in [-0.1, -0.05) is 37.1 Å². The second-order valence-electron chi connectivity index (χ2n) is 7.77. The molecule has 3 heteroatoms. The molecule has 3 saturated carbocycles. The lowest BCUT2D eigenvalue weighted by Crippen LogP contribution is -2.40. The smallest absolute Gasteiger partial charge is 0.230 e. The molecule has 3 N–H and O–H groups in total. The lowest BCUT2D eigenvalue weighted by atomic mass is 9.92. The molecular weight excluding hydrogens is 272 g/mol. The first kappa shape index (κ1) is 14.3. The van der Waals surface area contributed by atoms with Crippen molar-refractivity contribution >= 4 is 5.91 Å². The van der Waals surface area contributed by atoms with Crippen LogP contribution in [0.5, 0.6) is 0 Å². The van der Waals surface area contributed by atoms with E-state index in [0.717, 1.165) is 44.9 Å². The Balaban J connectivity index is 1.44. The monoisotopic (exact) mass is 298 g/mol. The van der Waals surface area contributed by atoms with Crippen molar-refractivity contribution in [3.05, 3.63) is 35.4 Å². The Bertz CT molecular complexity index is 564. The third kappa shape index (κ3) is 2.67. The first-order valence-electron chi connectivity index (χ1n) is 8.79. The zero-order valence-electron chi connectivity index (χ0n) is 13.2. The van der Waals surface area contributed by atoms with Crippen LogP contribution in [0.25, 0.3) is 0 Å². The summed E-state index contributed by atoms with van der Waals surface area (Å²) < 4.78 is 0. The Hall–Kier alpha value is -1.35. The van der Waals surface area contributed by atoms with E-state index in [9.17, 15) is 4.79 Å². The number of carbonyl (C=O) groups excluding carboxylic acids is 1. The molecule has 1 aromatic carbocycles. The summed E-state index contributed by atoms with van der Waals surface area (Å²) >= 11 is 0. The van der Waals surface area contributed by atoms with Gasteiger partial charge in [0.1, 0.15) is 0 Å². The van der Waals surface area contributed by atoms with E-state index in [1.807, 2.05) is 0 Å². The van der Waals surface area contributed by atoms with Crippen molar-refractivity contribution in [2.75, 3.05) is 0 Å². The highest BCUT2D eigenvalue weighted by Crippen LogP contribution is 2.49. The second-order valence-corrected chi connectivity index (χ2v) is 7.77. The van der Waals surface area contributed by atoms with Crippen LogP contribution in [0.2, 0.25) is 0 Å². The molecule has 3 nitrogen and oxygen atoms in total. The van der Waals surface area contributed by atoms with Crippen LogP contribution in [-0.2, 0) is 16.6 Å². The molecule has 0 aromatic heterocycles. The van der Waals surface area contributed by atoms with E-state index in [1.165, 1.54) is 24.0 Å². The van der Waals surface area contributed by atoms with E-state index in [1.54, 1.807) is 0 Å². The van der Waals surface area contributed by atoms with Gasteiger partial charge in [-0.15, -0.1) is 0 Å². The first-order valence-corrected chi connectivity index (χ1v) is 8.79. The van der Waals surface area contributed by atoms with Gasteiger partial charge in [0.2, 0.25) is 5.91 Å². The molecule has 22 heavy (non-hydrogen) atoms. The highest BCUT2D eigenvalue weighted by atomic mass is 16.2. The van der Waals surface area contributed by atoms with Crippen molar-refractivity contribution < 1.29 is 4.79 Å². The lowest BCUT2D eigenvalue weighted by molar-refractivity contribution is -0.124. The van der Waals surface area contributed by atoms with Crippen LogP contribution in [0, 0.1) is 0 Å². The van der Waals surface area contributed by atoms with Crippen LogP contribution < -0.4 is 11.1 Å². The number of hydrogen-bond donors (Lipinski definition) is 2. The molecule has 118 valence electrons. The van der Waals surface area contributed by atoms with Gasteiger partial charge < -0.3 is 11.1 Å². The van der Waals surface area contributed by atoms with Crippen LogP contribution in [0.1, 0.15) is 62.5 Å². The number of hydrogen-bond acceptors (Lipinski definition) is 2. The maximum atomic E-state index is 12.7. The number of rotatable bonds is 5. The SMILES string of the molecule is NC1(Cc2ccc(C3(C(=O)NC4CCCC4)CC3)cc2)CC1. The molecule has 0 heterocycles. The normalized spacial score (nSPS) is 25.0. The summed E-state index contributed by atoms with van der Waals surface area (Å²) in [5.74, 6) is 0.254. The molecule has 3 aliphatic rings. The Morgan fingerprint density at radius 3 is 2.27 bits per heavy atom. The number of nitrogens with one attached hydrogen (secondary N) is 1. The fourth-order valence-corrected chi connectivity index (χ4v) is 3.85. The van der Waals surface area contributed by atoms with Crippen molar-refractivity contribution in [2.24, 2.45) is 5.73 Å². The van der Waals surface area contributed by atoms with E-state index < -0.39 is 0 Å². The zero-order chi connectivity index (χ0) is 15.2. The molecule has 0 atom stereocenters. The van der Waals surface area contributed by atoms with Gasteiger partial charge in [0.05, 0.1) is 5.41 Å². The third-order valence-electron chi connectivity index (χ3n) is 5.83. The molecule has 0 saturated heterocycles. The standard InChI is InChI=1S/C19H26N2O/c20-18(9-10-18)13-14-5-7-15(8-6-14)19(11-12-19)17(22)21-16-3-1-2-4-16/h5-8,16H,1-4,9-13,20H2,(H,21,22). The zero-order valence-corrected chi connectivity index (χ0v) is 13.2. The Labute approximate surface area is 132 Å². The molecule has 0 radical (unpaired) electrons. The van der Waals surface area contributed by atoms with E-state index in [2.05, 4.69) is 29.6 Å². The van der Waals surface area contributed by atoms with E-state index >= 15 is 0 Å². The molecule has 0 spiro atoms. The predicted octanol–water partition coefficient (Wildman–Crippen LogP) is 2.81. The summed E-state index contributed by atoms with van der Waals surface area (Å²) in [5, 5.41) is 3.28. The largest absolute Gasteiger partial charge is 0.353 e. The van der Waals surface area contributed by atoms with Crippen LogP contribution >= 0.6 is 0 Å². The van der Waals surface area contributed by atoms with Crippen molar-refractivity contribution in [1.29, 1.82) is 0 Å². The maximum absolute atomic E-state index is 12.7. The average molecular weight is 298 g/mol. The quantitative estimate of drug-likeness (QED) is 0.878. The van der Waals surface area contributed by atoms with Gasteiger partial charge in [0, 0.05) is 11.6 Å². The molecule has 4 rings (SSSR count). The van der Waals surface area contributed by atoms with Gasteiger partial charge >= 0.3 is 0 Å². The van der Waals surface area contributed by atoms with Crippen LogP contribution in [0.4, 0.5) is 0 Å². The summed E-state index contributed by atoms with van der Waals surface area (Å²) in [6.07, 6.45) is 10.1. The predicted molar refractivity (Wildman–Crippen MR) is 87.6 cm³/mol. The Morgan fingerprint density at radius 1 is 1.09 bits per heavy atom. The molecule has 1 amide bonds. The highest BCUT2D eigenvalue weighted by Gasteiger charge is 2.51. The molecule has 0 unspecified atom stereocenters. The molecule has 3 aliphatic carbocycles. The molecule has 3 fully saturated rings.